The SMILES string of the molecule is CCC(C)Oc1[c-]cc(Cl)cc1.[Br-].[Mg+2]. The van der Waals surface area contributed by atoms with Crippen molar-refractivity contribution in [2.24, 2.45) is 0 Å². The van der Waals surface area contributed by atoms with Gasteiger partial charge in [0, 0.05) is 5.75 Å². The van der Waals surface area contributed by atoms with Crippen molar-refractivity contribution in [2.75, 3.05) is 0 Å². The maximum absolute atomic E-state index is 5.70. The van der Waals surface area contributed by atoms with Crippen LogP contribution in [0.5, 0.6) is 5.75 Å². The van der Waals surface area contributed by atoms with E-state index in [0.717, 1.165) is 12.2 Å². The zero-order valence-electron chi connectivity index (χ0n) is 8.39. The van der Waals surface area contributed by atoms with E-state index in [0.29, 0.717) is 5.02 Å². The number of halogens is 2. The van der Waals surface area contributed by atoms with Crippen LogP contribution in [0, 0.1) is 6.07 Å². The Bertz CT molecular complexity index is 240. The molecule has 74 valence electrons. The summed E-state index contributed by atoms with van der Waals surface area (Å²) < 4.78 is 5.50. The van der Waals surface area contributed by atoms with Crippen LogP contribution in [-0.2, 0) is 0 Å². The number of benzene rings is 1. The van der Waals surface area contributed by atoms with E-state index >= 15 is 0 Å². The van der Waals surface area contributed by atoms with E-state index in [1.807, 2.05) is 13.0 Å². The molecule has 0 N–H and O–H groups in total. The summed E-state index contributed by atoms with van der Waals surface area (Å²) in [5, 5.41) is 0.687. The van der Waals surface area contributed by atoms with Gasteiger partial charge in [-0.1, -0.05) is 11.9 Å². The largest absolute Gasteiger partial charge is 2.00 e. The third-order valence-corrected chi connectivity index (χ3v) is 1.88. The molecule has 1 rings (SSSR count). The van der Waals surface area contributed by atoms with Crippen LogP contribution in [0.15, 0.2) is 18.2 Å². The molecule has 1 aromatic rings. The fraction of sp³-hybridized carbons (Fsp3) is 0.400. The molecular weight excluding hydrogens is 276 g/mol. The molecule has 0 aromatic heterocycles. The van der Waals surface area contributed by atoms with E-state index in [-0.39, 0.29) is 46.1 Å². The predicted octanol–water partition coefficient (Wildman–Crippen LogP) is -0.0593. The quantitative estimate of drug-likeness (QED) is 0.559. The first kappa shape index (κ1) is 17.0. The summed E-state index contributed by atoms with van der Waals surface area (Å²) >= 11 is 5.70. The van der Waals surface area contributed by atoms with Gasteiger partial charge < -0.3 is 21.7 Å². The average molecular weight is 288 g/mol. The smallest absolute Gasteiger partial charge is 1.00 e. The van der Waals surface area contributed by atoms with E-state index in [4.69, 9.17) is 16.3 Å². The predicted molar refractivity (Wildman–Crippen MR) is 56.4 cm³/mol. The summed E-state index contributed by atoms with van der Waals surface area (Å²) in [6.45, 7) is 4.11. The summed E-state index contributed by atoms with van der Waals surface area (Å²) in [4.78, 5) is 0. The Morgan fingerprint density at radius 1 is 1.50 bits per heavy atom. The molecule has 14 heavy (non-hydrogen) atoms. The first-order valence-electron chi connectivity index (χ1n) is 4.06. The zero-order valence-corrected chi connectivity index (χ0v) is 12.1. The number of ether oxygens (including phenoxy) is 1. The van der Waals surface area contributed by atoms with Gasteiger partial charge in [0.05, 0.1) is 6.10 Å². The van der Waals surface area contributed by atoms with Crippen LogP contribution in [0.1, 0.15) is 20.3 Å². The maximum atomic E-state index is 5.70. The first-order valence-corrected chi connectivity index (χ1v) is 4.44. The van der Waals surface area contributed by atoms with Gasteiger partial charge in [-0.3, -0.25) is 0 Å². The van der Waals surface area contributed by atoms with Crippen molar-refractivity contribution < 1.29 is 21.7 Å². The molecular formula is C10H12BrClMgO. The molecule has 0 aliphatic rings. The standard InChI is InChI=1S/C10H12ClO.BrH.Mg/c1-3-8(2)12-10-6-4-9(11)5-7-10;;/h4-6,8H,3H2,1-2H3;1H;/q-1;;+2/p-1. The molecule has 0 fully saturated rings. The third kappa shape index (κ3) is 6.12. The monoisotopic (exact) mass is 286 g/mol. The molecule has 0 amide bonds. The van der Waals surface area contributed by atoms with Gasteiger partial charge in [0.25, 0.3) is 0 Å². The van der Waals surface area contributed by atoms with Gasteiger partial charge in [-0.15, -0.1) is 12.1 Å². The summed E-state index contributed by atoms with van der Waals surface area (Å²) in [5.74, 6) is 0.758. The third-order valence-electron chi connectivity index (χ3n) is 1.65. The molecule has 0 radical (unpaired) electrons. The molecule has 0 aliphatic carbocycles. The van der Waals surface area contributed by atoms with Crippen LogP contribution in [0.2, 0.25) is 5.02 Å². The van der Waals surface area contributed by atoms with Gasteiger partial charge in [0.2, 0.25) is 0 Å². The van der Waals surface area contributed by atoms with Crippen LogP contribution in [0.3, 0.4) is 0 Å². The van der Waals surface area contributed by atoms with E-state index in [1.54, 1.807) is 12.1 Å². The minimum absolute atomic E-state index is 0. The molecule has 1 nitrogen and oxygen atoms in total. The average Bonchev–Trinajstić information content (AvgIpc) is 2.09. The van der Waals surface area contributed by atoms with Crippen molar-refractivity contribution in [3.63, 3.8) is 0 Å². The molecule has 1 aromatic carbocycles. The van der Waals surface area contributed by atoms with Crippen molar-refractivity contribution in [2.45, 2.75) is 26.4 Å². The summed E-state index contributed by atoms with van der Waals surface area (Å²) in [7, 11) is 0. The Morgan fingerprint density at radius 2 is 2.14 bits per heavy atom. The van der Waals surface area contributed by atoms with E-state index in [2.05, 4.69) is 13.0 Å². The van der Waals surface area contributed by atoms with Crippen molar-refractivity contribution in [3.05, 3.63) is 29.3 Å². The molecule has 0 saturated carbocycles. The zero-order chi connectivity index (χ0) is 8.97. The Labute approximate surface area is 117 Å². The Morgan fingerprint density at radius 3 is 2.57 bits per heavy atom. The van der Waals surface area contributed by atoms with E-state index in [1.165, 1.54) is 0 Å². The second-order valence-corrected chi connectivity index (χ2v) is 3.14. The first-order chi connectivity index (χ1) is 5.72. The van der Waals surface area contributed by atoms with Gasteiger partial charge in [0.1, 0.15) is 0 Å². The fourth-order valence-electron chi connectivity index (χ4n) is 0.765. The number of rotatable bonds is 3. The minimum Gasteiger partial charge on any atom is -1.00 e. The van der Waals surface area contributed by atoms with Crippen LogP contribution >= 0.6 is 11.6 Å². The Balaban J connectivity index is 0. The summed E-state index contributed by atoms with van der Waals surface area (Å²) in [6.07, 6.45) is 1.23. The van der Waals surface area contributed by atoms with Gasteiger partial charge >= 0.3 is 23.1 Å². The fourth-order valence-corrected chi connectivity index (χ4v) is 0.883. The second-order valence-electron chi connectivity index (χ2n) is 2.71. The molecule has 4 heteroatoms. The van der Waals surface area contributed by atoms with Crippen molar-refractivity contribution in [1.82, 2.24) is 0 Å². The van der Waals surface area contributed by atoms with Crippen LogP contribution in [0.4, 0.5) is 0 Å². The van der Waals surface area contributed by atoms with Crippen molar-refractivity contribution in [1.29, 1.82) is 0 Å². The van der Waals surface area contributed by atoms with Crippen LogP contribution in [-0.4, -0.2) is 29.2 Å². The Hall–Kier alpha value is 0.556. The number of hydrogen-bond donors (Lipinski definition) is 0. The molecule has 0 bridgehead atoms. The topological polar surface area (TPSA) is 9.23 Å². The van der Waals surface area contributed by atoms with Crippen LogP contribution < -0.4 is 21.7 Å². The molecule has 0 heterocycles. The summed E-state index contributed by atoms with van der Waals surface area (Å²) in [5.41, 5.74) is 0. The van der Waals surface area contributed by atoms with Gasteiger partial charge in [-0.2, -0.15) is 23.7 Å². The van der Waals surface area contributed by atoms with Gasteiger partial charge in [0.15, 0.2) is 0 Å². The van der Waals surface area contributed by atoms with E-state index in [9.17, 15) is 0 Å². The van der Waals surface area contributed by atoms with Crippen LogP contribution in [0.25, 0.3) is 0 Å². The molecule has 0 saturated heterocycles. The maximum Gasteiger partial charge on any atom is 2.00 e. The molecule has 0 spiro atoms. The van der Waals surface area contributed by atoms with Gasteiger partial charge in [-0.05, 0) is 13.3 Å². The van der Waals surface area contributed by atoms with Crippen molar-refractivity contribution in [3.8, 4) is 5.75 Å². The second kappa shape index (κ2) is 8.83. The minimum atomic E-state index is 0. The normalized spacial score (nSPS) is 10.8. The molecule has 0 aliphatic heterocycles. The van der Waals surface area contributed by atoms with Crippen molar-refractivity contribution >= 4 is 34.7 Å². The summed E-state index contributed by atoms with van der Waals surface area (Å²) in [6, 6.07) is 8.28. The molecule has 1 atom stereocenters. The molecule has 1 unspecified atom stereocenters. The number of hydrogen-bond acceptors (Lipinski definition) is 1. The van der Waals surface area contributed by atoms with E-state index < -0.39 is 0 Å². The Kier molecular flexibility index (Phi) is 10.7. The van der Waals surface area contributed by atoms with Gasteiger partial charge in [-0.25, -0.2) is 0 Å².